The summed E-state index contributed by atoms with van der Waals surface area (Å²) in [6.07, 6.45) is 3.28. The Labute approximate surface area is 111 Å². The Morgan fingerprint density at radius 2 is 2.00 bits per heavy atom. The lowest BCUT2D eigenvalue weighted by molar-refractivity contribution is 0.188. The molecule has 0 aliphatic heterocycles. The van der Waals surface area contributed by atoms with Crippen LogP contribution in [0.25, 0.3) is 0 Å². The standard InChI is InChI=1S/C13H18BrClO/c1-16-8-2-3-12(10-15)9-11-4-6-13(14)7-5-11/h4-7,12H,2-3,8-10H2,1H3. The number of halogens is 2. The van der Waals surface area contributed by atoms with Gasteiger partial charge in [0.05, 0.1) is 0 Å². The van der Waals surface area contributed by atoms with Crippen LogP contribution < -0.4 is 0 Å². The van der Waals surface area contributed by atoms with Gasteiger partial charge in [0, 0.05) is 24.1 Å². The first-order valence-corrected chi connectivity index (χ1v) is 6.88. The molecule has 0 aliphatic carbocycles. The molecule has 16 heavy (non-hydrogen) atoms. The Kier molecular flexibility index (Phi) is 7.10. The van der Waals surface area contributed by atoms with Gasteiger partial charge in [0.15, 0.2) is 0 Å². The first kappa shape index (κ1) is 14.0. The SMILES string of the molecule is COCCCC(CCl)Cc1ccc(Br)cc1. The molecule has 0 amide bonds. The first-order valence-electron chi connectivity index (χ1n) is 5.55. The Balaban J connectivity index is 2.40. The molecule has 0 radical (unpaired) electrons. The molecule has 0 spiro atoms. The number of benzene rings is 1. The number of hydrogen-bond acceptors (Lipinski definition) is 1. The zero-order valence-electron chi connectivity index (χ0n) is 9.59. The van der Waals surface area contributed by atoms with E-state index in [2.05, 4.69) is 40.2 Å². The lowest BCUT2D eigenvalue weighted by Gasteiger charge is -2.13. The van der Waals surface area contributed by atoms with E-state index in [0.29, 0.717) is 5.92 Å². The number of methoxy groups -OCH3 is 1. The number of alkyl halides is 1. The molecule has 1 aromatic rings. The maximum absolute atomic E-state index is 5.98. The largest absolute Gasteiger partial charge is 0.385 e. The van der Waals surface area contributed by atoms with E-state index < -0.39 is 0 Å². The monoisotopic (exact) mass is 304 g/mol. The maximum Gasteiger partial charge on any atom is 0.0462 e. The molecule has 0 fully saturated rings. The summed E-state index contributed by atoms with van der Waals surface area (Å²) in [5.41, 5.74) is 1.35. The van der Waals surface area contributed by atoms with Gasteiger partial charge >= 0.3 is 0 Å². The average Bonchev–Trinajstić information content (AvgIpc) is 2.31. The summed E-state index contributed by atoms with van der Waals surface area (Å²) < 4.78 is 6.18. The van der Waals surface area contributed by atoms with Gasteiger partial charge in [-0.2, -0.15) is 0 Å². The highest BCUT2D eigenvalue weighted by molar-refractivity contribution is 9.10. The van der Waals surface area contributed by atoms with Gasteiger partial charge in [-0.05, 0) is 42.9 Å². The highest BCUT2D eigenvalue weighted by atomic mass is 79.9. The maximum atomic E-state index is 5.98. The van der Waals surface area contributed by atoms with Crippen LogP contribution in [-0.2, 0) is 11.2 Å². The summed E-state index contributed by atoms with van der Waals surface area (Å²) in [7, 11) is 1.74. The van der Waals surface area contributed by atoms with Gasteiger partial charge < -0.3 is 4.74 Å². The second-order valence-electron chi connectivity index (χ2n) is 3.99. The van der Waals surface area contributed by atoms with Crippen LogP contribution in [0.1, 0.15) is 18.4 Å². The molecule has 90 valence electrons. The molecule has 0 bridgehead atoms. The third-order valence-electron chi connectivity index (χ3n) is 2.62. The van der Waals surface area contributed by atoms with Crippen molar-refractivity contribution in [3.63, 3.8) is 0 Å². The van der Waals surface area contributed by atoms with Crippen LogP contribution in [-0.4, -0.2) is 19.6 Å². The lowest BCUT2D eigenvalue weighted by Crippen LogP contribution is -2.07. The predicted octanol–water partition coefficient (Wildman–Crippen LogP) is 4.27. The molecule has 0 heterocycles. The minimum atomic E-state index is 0.554. The molecule has 1 atom stereocenters. The highest BCUT2D eigenvalue weighted by Gasteiger charge is 2.08. The molecule has 1 rings (SSSR count). The van der Waals surface area contributed by atoms with Gasteiger partial charge in [-0.15, -0.1) is 11.6 Å². The van der Waals surface area contributed by atoms with Crippen LogP contribution in [0, 0.1) is 5.92 Å². The second-order valence-corrected chi connectivity index (χ2v) is 5.21. The van der Waals surface area contributed by atoms with Crippen molar-refractivity contribution in [2.75, 3.05) is 19.6 Å². The first-order chi connectivity index (χ1) is 7.76. The third-order valence-corrected chi connectivity index (χ3v) is 3.58. The zero-order valence-corrected chi connectivity index (χ0v) is 11.9. The zero-order chi connectivity index (χ0) is 11.8. The third kappa shape index (κ3) is 5.33. The summed E-state index contributed by atoms with van der Waals surface area (Å²) in [4.78, 5) is 0. The van der Waals surface area contributed by atoms with Crippen molar-refractivity contribution in [3.8, 4) is 0 Å². The number of ether oxygens (including phenoxy) is 1. The van der Waals surface area contributed by atoms with E-state index >= 15 is 0 Å². The van der Waals surface area contributed by atoms with Gasteiger partial charge in [-0.25, -0.2) is 0 Å². The fourth-order valence-electron chi connectivity index (χ4n) is 1.70. The average molecular weight is 306 g/mol. The number of hydrogen-bond donors (Lipinski definition) is 0. The van der Waals surface area contributed by atoms with Crippen LogP contribution in [0.5, 0.6) is 0 Å². The van der Waals surface area contributed by atoms with Crippen LogP contribution in [0.15, 0.2) is 28.7 Å². The highest BCUT2D eigenvalue weighted by Crippen LogP contribution is 2.18. The van der Waals surface area contributed by atoms with Crippen LogP contribution >= 0.6 is 27.5 Å². The van der Waals surface area contributed by atoms with E-state index in [1.54, 1.807) is 7.11 Å². The normalized spacial score (nSPS) is 12.7. The summed E-state index contributed by atoms with van der Waals surface area (Å²) in [5.74, 6) is 1.28. The van der Waals surface area contributed by atoms with E-state index in [0.717, 1.165) is 36.2 Å². The molecule has 1 aromatic carbocycles. The Morgan fingerprint density at radius 1 is 1.31 bits per heavy atom. The Morgan fingerprint density at radius 3 is 2.56 bits per heavy atom. The van der Waals surface area contributed by atoms with Crippen molar-refractivity contribution in [2.24, 2.45) is 5.92 Å². The van der Waals surface area contributed by atoms with Gasteiger partial charge in [0.1, 0.15) is 0 Å². The Hall–Kier alpha value is -0.0500. The second kappa shape index (κ2) is 8.10. The molecule has 0 aromatic heterocycles. The van der Waals surface area contributed by atoms with Crippen LogP contribution in [0.4, 0.5) is 0 Å². The van der Waals surface area contributed by atoms with E-state index in [1.807, 2.05) is 0 Å². The smallest absolute Gasteiger partial charge is 0.0462 e. The van der Waals surface area contributed by atoms with E-state index in [9.17, 15) is 0 Å². The molecule has 1 nitrogen and oxygen atoms in total. The van der Waals surface area contributed by atoms with Crippen LogP contribution in [0.2, 0.25) is 0 Å². The fraction of sp³-hybridized carbons (Fsp3) is 0.538. The fourth-order valence-corrected chi connectivity index (χ4v) is 2.23. The topological polar surface area (TPSA) is 9.23 Å². The number of rotatable bonds is 7. The quantitative estimate of drug-likeness (QED) is 0.540. The molecular formula is C13H18BrClO. The minimum absolute atomic E-state index is 0.554. The summed E-state index contributed by atoms with van der Waals surface area (Å²) >= 11 is 9.41. The summed E-state index contributed by atoms with van der Waals surface area (Å²) in [5, 5.41) is 0. The van der Waals surface area contributed by atoms with E-state index in [4.69, 9.17) is 16.3 Å². The van der Waals surface area contributed by atoms with Gasteiger partial charge in [-0.1, -0.05) is 28.1 Å². The predicted molar refractivity (Wildman–Crippen MR) is 73.2 cm³/mol. The molecular weight excluding hydrogens is 287 g/mol. The molecule has 0 aliphatic rings. The summed E-state index contributed by atoms with van der Waals surface area (Å²) in [6, 6.07) is 8.46. The van der Waals surface area contributed by atoms with Crippen molar-refractivity contribution in [1.82, 2.24) is 0 Å². The molecule has 1 unspecified atom stereocenters. The minimum Gasteiger partial charge on any atom is -0.385 e. The van der Waals surface area contributed by atoms with E-state index in [1.165, 1.54) is 5.56 Å². The molecule has 0 N–H and O–H groups in total. The van der Waals surface area contributed by atoms with Gasteiger partial charge in [0.25, 0.3) is 0 Å². The van der Waals surface area contributed by atoms with Crippen LogP contribution in [0.3, 0.4) is 0 Å². The van der Waals surface area contributed by atoms with Crippen molar-refractivity contribution in [2.45, 2.75) is 19.3 Å². The van der Waals surface area contributed by atoms with Crippen molar-refractivity contribution >= 4 is 27.5 Å². The van der Waals surface area contributed by atoms with E-state index in [-0.39, 0.29) is 0 Å². The molecule has 0 saturated carbocycles. The summed E-state index contributed by atoms with van der Waals surface area (Å²) in [6.45, 7) is 0.827. The van der Waals surface area contributed by atoms with Gasteiger partial charge in [0.2, 0.25) is 0 Å². The molecule has 0 saturated heterocycles. The van der Waals surface area contributed by atoms with Crippen molar-refractivity contribution in [3.05, 3.63) is 34.3 Å². The van der Waals surface area contributed by atoms with Crippen molar-refractivity contribution < 1.29 is 4.74 Å². The molecule has 3 heteroatoms. The Bertz CT molecular complexity index is 286. The lowest BCUT2D eigenvalue weighted by atomic mass is 9.97. The van der Waals surface area contributed by atoms with Gasteiger partial charge in [-0.3, -0.25) is 0 Å². The van der Waals surface area contributed by atoms with Crippen molar-refractivity contribution in [1.29, 1.82) is 0 Å².